The zero-order chi connectivity index (χ0) is 16.8. The van der Waals surface area contributed by atoms with Gasteiger partial charge < -0.3 is 14.2 Å². The Balaban J connectivity index is 1.84. The van der Waals surface area contributed by atoms with Gasteiger partial charge in [0, 0.05) is 20.6 Å². The third-order valence-electron chi connectivity index (χ3n) is 2.99. The SMILES string of the molecule is CN(Cc1ccc(OC(F)F)cc1)C(=O)CSc1nncn1C. The molecule has 0 aliphatic rings. The van der Waals surface area contributed by atoms with E-state index in [9.17, 15) is 13.6 Å². The number of nitrogens with zero attached hydrogens (tertiary/aromatic N) is 4. The van der Waals surface area contributed by atoms with Gasteiger partial charge in [-0.3, -0.25) is 4.79 Å². The van der Waals surface area contributed by atoms with Crippen molar-refractivity contribution >= 4 is 17.7 Å². The molecule has 0 aliphatic heterocycles. The molecule has 0 bridgehead atoms. The Kier molecular flexibility index (Phi) is 5.91. The number of hydrogen-bond acceptors (Lipinski definition) is 5. The highest BCUT2D eigenvalue weighted by molar-refractivity contribution is 7.99. The van der Waals surface area contributed by atoms with Gasteiger partial charge in [-0.25, -0.2) is 0 Å². The Hall–Kier alpha value is -2.16. The molecule has 2 aromatic rings. The van der Waals surface area contributed by atoms with Crippen LogP contribution in [0.15, 0.2) is 35.7 Å². The van der Waals surface area contributed by atoms with Gasteiger partial charge in [-0.2, -0.15) is 8.78 Å². The Labute approximate surface area is 136 Å². The lowest BCUT2D eigenvalue weighted by atomic mass is 10.2. The van der Waals surface area contributed by atoms with E-state index in [1.54, 1.807) is 42.0 Å². The molecule has 0 aliphatic carbocycles. The van der Waals surface area contributed by atoms with E-state index < -0.39 is 6.61 Å². The number of alkyl halides is 2. The molecule has 0 N–H and O–H groups in total. The summed E-state index contributed by atoms with van der Waals surface area (Å²) in [6, 6.07) is 6.21. The largest absolute Gasteiger partial charge is 0.435 e. The van der Waals surface area contributed by atoms with Crippen LogP contribution in [-0.4, -0.2) is 45.0 Å². The molecule has 1 aromatic carbocycles. The van der Waals surface area contributed by atoms with Crippen LogP contribution in [0.1, 0.15) is 5.56 Å². The highest BCUT2D eigenvalue weighted by atomic mass is 32.2. The highest BCUT2D eigenvalue weighted by Crippen LogP contribution is 2.17. The first-order chi connectivity index (χ1) is 11.0. The minimum absolute atomic E-state index is 0.0640. The smallest absolute Gasteiger partial charge is 0.387 e. The third kappa shape index (κ3) is 5.20. The predicted molar refractivity (Wildman–Crippen MR) is 81.3 cm³/mol. The minimum Gasteiger partial charge on any atom is -0.435 e. The number of aromatic nitrogens is 3. The number of halogens is 2. The second-order valence-corrected chi connectivity index (χ2v) is 5.73. The minimum atomic E-state index is -2.84. The van der Waals surface area contributed by atoms with Crippen molar-refractivity contribution in [3.63, 3.8) is 0 Å². The van der Waals surface area contributed by atoms with E-state index in [0.29, 0.717) is 11.7 Å². The lowest BCUT2D eigenvalue weighted by Crippen LogP contribution is -2.27. The van der Waals surface area contributed by atoms with Gasteiger partial charge in [0.25, 0.3) is 0 Å². The van der Waals surface area contributed by atoms with Crippen molar-refractivity contribution in [1.82, 2.24) is 19.7 Å². The summed E-state index contributed by atoms with van der Waals surface area (Å²) in [6.45, 7) is -2.46. The summed E-state index contributed by atoms with van der Waals surface area (Å²) in [6.07, 6.45) is 1.57. The number of ether oxygens (including phenoxy) is 1. The van der Waals surface area contributed by atoms with E-state index >= 15 is 0 Å². The van der Waals surface area contributed by atoms with Crippen molar-refractivity contribution in [2.45, 2.75) is 18.3 Å². The lowest BCUT2D eigenvalue weighted by Gasteiger charge is -2.17. The van der Waals surface area contributed by atoms with E-state index in [-0.39, 0.29) is 17.4 Å². The first-order valence-electron chi connectivity index (χ1n) is 6.70. The fraction of sp³-hybridized carbons (Fsp3) is 0.357. The zero-order valence-corrected chi connectivity index (χ0v) is 13.5. The maximum Gasteiger partial charge on any atom is 0.387 e. The molecule has 0 saturated heterocycles. The van der Waals surface area contributed by atoms with Gasteiger partial charge in [0.05, 0.1) is 5.75 Å². The molecular formula is C14H16F2N4O2S. The van der Waals surface area contributed by atoms with Gasteiger partial charge in [-0.1, -0.05) is 23.9 Å². The number of carbonyl (C=O) groups is 1. The molecule has 0 saturated carbocycles. The molecule has 0 atom stereocenters. The molecule has 124 valence electrons. The van der Waals surface area contributed by atoms with Crippen molar-refractivity contribution in [2.75, 3.05) is 12.8 Å². The van der Waals surface area contributed by atoms with Gasteiger partial charge in [0.15, 0.2) is 5.16 Å². The van der Waals surface area contributed by atoms with Crippen molar-refractivity contribution in [1.29, 1.82) is 0 Å². The fourth-order valence-electron chi connectivity index (χ4n) is 1.78. The first-order valence-corrected chi connectivity index (χ1v) is 7.69. The molecule has 0 unspecified atom stereocenters. The summed E-state index contributed by atoms with van der Waals surface area (Å²) in [5, 5.41) is 8.30. The Bertz CT molecular complexity index is 648. The van der Waals surface area contributed by atoms with E-state index in [2.05, 4.69) is 14.9 Å². The number of rotatable bonds is 7. The van der Waals surface area contributed by atoms with Gasteiger partial charge in [-0.15, -0.1) is 10.2 Å². The first kappa shape index (κ1) is 17.2. The fourth-order valence-corrected chi connectivity index (χ4v) is 2.61. The van der Waals surface area contributed by atoms with Crippen LogP contribution in [0.4, 0.5) is 8.78 Å². The molecule has 23 heavy (non-hydrogen) atoms. The third-order valence-corrected chi connectivity index (χ3v) is 4.01. The zero-order valence-electron chi connectivity index (χ0n) is 12.6. The van der Waals surface area contributed by atoms with Crippen LogP contribution in [0.25, 0.3) is 0 Å². The number of carbonyl (C=O) groups excluding carboxylic acids is 1. The summed E-state index contributed by atoms with van der Waals surface area (Å²) >= 11 is 1.30. The molecular weight excluding hydrogens is 326 g/mol. The summed E-state index contributed by atoms with van der Waals surface area (Å²) < 4.78 is 30.2. The van der Waals surface area contributed by atoms with Gasteiger partial charge in [0.1, 0.15) is 12.1 Å². The maximum absolute atomic E-state index is 12.1. The van der Waals surface area contributed by atoms with Crippen molar-refractivity contribution in [3.05, 3.63) is 36.2 Å². The summed E-state index contributed by atoms with van der Waals surface area (Å²) in [7, 11) is 3.49. The van der Waals surface area contributed by atoms with Crippen LogP contribution in [-0.2, 0) is 18.4 Å². The molecule has 0 spiro atoms. The number of benzene rings is 1. The van der Waals surface area contributed by atoms with Crippen LogP contribution in [0.5, 0.6) is 5.75 Å². The van der Waals surface area contributed by atoms with E-state index in [1.807, 2.05) is 0 Å². The monoisotopic (exact) mass is 342 g/mol. The topological polar surface area (TPSA) is 60.2 Å². The molecule has 1 heterocycles. The van der Waals surface area contributed by atoms with Crippen LogP contribution >= 0.6 is 11.8 Å². The quantitative estimate of drug-likeness (QED) is 0.722. The van der Waals surface area contributed by atoms with Gasteiger partial charge >= 0.3 is 6.61 Å². The summed E-state index contributed by atoms with van der Waals surface area (Å²) in [5.41, 5.74) is 0.825. The molecule has 0 fully saturated rings. The molecule has 1 amide bonds. The average molecular weight is 342 g/mol. The second-order valence-electron chi connectivity index (χ2n) is 4.79. The summed E-state index contributed by atoms with van der Waals surface area (Å²) in [4.78, 5) is 13.7. The predicted octanol–water partition coefficient (Wildman–Crippen LogP) is 2.17. The van der Waals surface area contributed by atoms with Crippen LogP contribution in [0.3, 0.4) is 0 Å². The standard InChI is InChI=1S/C14H16F2N4O2S/c1-19(12(21)8-23-14-18-17-9-20(14)2)7-10-3-5-11(6-4-10)22-13(15)16/h3-6,9,13H,7-8H2,1-2H3. The van der Waals surface area contributed by atoms with Crippen molar-refractivity contribution < 1.29 is 18.3 Å². The number of aryl methyl sites for hydroxylation is 1. The van der Waals surface area contributed by atoms with Gasteiger partial charge in [-0.05, 0) is 17.7 Å². The number of hydrogen-bond donors (Lipinski definition) is 0. The van der Waals surface area contributed by atoms with Gasteiger partial charge in [0.2, 0.25) is 5.91 Å². The Morgan fingerprint density at radius 1 is 1.39 bits per heavy atom. The van der Waals surface area contributed by atoms with E-state index in [1.165, 1.54) is 23.9 Å². The second kappa shape index (κ2) is 7.91. The summed E-state index contributed by atoms with van der Waals surface area (Å²) in [5.74, 6) is 0.275. The Morgan fingerprint density at radius 2 is 2.09 bits per heavy atom. The molecule has 2 rings (SSSR count). The van der Waals surface area contributed by atoms with Crippen LogP contribution in [0, 0.1) is 0 Å². The number of thioether (sulfide) groups is 1. The normalized spacial score (nSPS) is 10.8. The average Bonchev–Trinajstić information content (AvgIpc) is 2.91. The number of amides is 1. The Morgan fingerprint density at radius 3 is 2.65 bits per heavy atom. The van der Waals surface area contributed by atoms with E-state index in [4.69, 9.17) is 0 Å². The van der Waals surface area contributed by atoms with Crippen LogP contribution < -0.4 is 4.74 Å². The highest BCUT2D eigenvalue weighted by Gasteiger charge is 2.12. The van der Waals surface area contributed by atoms with Crippen molar-refractivity contribution in [2.24, 2.45) is 7.05 Å². The van der Waals surface area contributed by atoms with E-state index in [0.717, 1.165) is 5.56 Å². The van der Waals surface area contributed by atoms with Crippen molar-refractivity contribution in [3.8, 4) is 5.75 Å². The lowest BCUT2D eigenvalue weighted by molar-refractivity contribution is -0.127. The molecule has 9 heteroatoms. The molecule has 6 nitrogen and oxygen atoms in total. The van der Waals surface area contributed by atoms with Crippen LogP contribution in [0.2, 0.25) is 0 Å². The molecule has 1 aromatic heterocycles. The molecule has 0 radical (unpaired) electrons. The maximum atomic E-state index is 12.1.